The molecule has 154 valence electrons. The number of rotatable bonds is 6. The van der Waals surface area contributed by atoms with Gasteiger partial charge in [-0.25, -0.2) is 9.97 Å². The molecular weight excluding hydrogens is 392 g/mol. The zero-order valence-corrected chi connectivity index (χ0v) is 18.2. The highest BCUT2D eigenvalue weighted by Gasteiger charge is 2.20. The highest BCUT2D eigenvalue weighted by molar-refractivity contribution is 7.98. The predicted octanol–water partition coefficient (Wildman–Crippen LogP) is 5.35. The number of pyridine rings is 2. The van der Waals surface area contributed by atoms with Crippen LogP contribution in [-0.2, 0) is 11.2 Å². The predicted molar refractivity (Wildman–Crippen MR) is 122 cm³/mol. The number of hydrogen-bond donors (Lipinski definition) is 0. The van der Waals surface area contributed by atoms with Gasteiger partial charge in [-0.1, -0.05) is 31.2 Å². The van der Waals surface area contributed by atoms with Crippen molar-refractivity contribution in [2.24, 2.45) is 11.8 Å². The second-order valence-electron chi connectivity index (χ2n) is 7.80. The van der Waals surface area contributed by atoms with Crippen molar-refractivity contribution >= 4 is 28.4 Å². The van der Waals surface area contributed by atoms with Crippen LogP contribution in [0, 0.1) is 11.8 Å². The molecule has 3 heterocycles. The fourth-order valence-electron chi connectivity index (χ4n) is 3.89. The van der Waals surface area contributed by atoms with Crippen LogP contribution in [0.3, 0.4) is 0 Å². The Morgan fingerprint density at radius 1 is 1.27 bits per heavy atom. The Balaban J connectivity index is 1.64. The molecule has 0 spiro atoms. The van der Waals surface area contributed by atoms with Gasteiger partial charge in [-0.05, 0) is 72.4 Å². The second-order valence-corrected chi connectivity index (χ2v) is 8.62. The Labute approximate surface area is 181 Å². The van der Waals surface area contributed by atoms with Gasteiger partial charge in [-0.2, -0.15) is 0 Å². The molecule has 2 atom stereocenters. The number of hydrogen-bond acceptors (Lipinski definition) is 5. The monoisotopic (exact) mass is 418 g/mol. The first-order chi connectivity index (χ1) is 14.6. The maximum atomic E-state index is 12.9. The van der Waals surface area contributed by atoms with E-state index in [0.717, 1.165) is 47.5 Å². The minimum absolute atomic E-state index is 0.0415. The highest BCUT2D eigenvalue weighted by Crippen LogP contribution is 2.25. The number of aromatic nitrogens is 2. The molecule has 5 heteroatoms. The summed E-state index contributed by atoms with van der Waals surface area (Å²) in [5, 5.41) is 2.08. The van der Waals surface area contributed by atoms with E-state index in [1.807, 2.05) is 48.9 Å². The first-order valence-corrected chi connectivity index (χ1v) is 11.5. The van der Waals surface area contributed by atoms with E-state index in [9.17, 15) is 4.79 Å². The van der Waals surface area contributed by atoms with Crippen molar-refractivity contribution in [1.82, 2.24) is 9.97 Å². The molecule has 3 aromatic rings. The normalized spacial score (nSPS) is 19.4. The molecule has 30 heavy (non-hydrogen) atoms. The Morgan fingerprint density at radius 3 is 2.97 bits per heavy atom. The van der Waals surface area contributed by atoms with Crippen LogP contribution in [0.4, 0.5) is 0 Å². The number of ether oxygens (including phenoxy) is 1. The van der Waals surface area contributed by atoms with Crippen LogP contribution in [-0.4, -0.2) is 35.2 Å². The first kappa shape index (κ1) is 20.8. The summed E-state index contributed by atoms with van der Waals surface area (Å²) in [6.45, 7) is 3.68. The van der Waals surface area contributed by atoms with Gasteiger partial charge in [-0.3, -0.25) is 4.79 Å². The molecule has 1 saturated heterocycles. The fourth-order valence-corrected chi connectivity index (χ4v) is 4.33. The van der Waals surface area contributed by atoms with E-state index in [1.165, 1.54) is 5.56 Å². The summed E-state index contributed by atoms with van der Waals surface area (Å²) in [5.41, 5.74) is 3.63. The summed E-state index contributed by atoms with van der Waals surface area (Å²) in [4.78, 5) is 22.0. The van der Waals surface area contributed by atoms with Gasteiger partial charge in [0.1, 0.15) is 5.69 Å². The van der Waals surface area contributed by atoms with Gasteiger partial charge in [0.25, 0.3) is 0 Å². The largest absolute Gasteiger partial charge is 0.381 e. The van der Waals surface area contributed by atoms with Crippen LogP contribution in [0.25, 0.3) is 10.9 Å². The van der Waals surface area contributed by atoms with E-state index in [4.69, 9.17) is 4.74 Å². The summed E-state index contributed by atoms with van der Waals surface area (Å²) in [5.74, 6) is 0.768. The topological polar surface area (TPSA) is 52.1 Å². The molecular formula is C25H26N2O2S. The third-order valence-electron chi connectivity index (χ3n) is 5.66. The van der Waals surface area contributed by atoms with E-state index in [1.54, 1.807) is 17.8 Å². The van der Waals surface area contributed by atoms with Crippen LogP contribution in [0.15, 0.2) is 65.8 Å². The lowest BCUT2D eigenvalue weighted by atomic mass is 9.89. The summed E-state index contributed by atoms with van der Waals surface area (Å²) < 4.78 is 5.50. The van der Waals surface area contributed by atoms with Crippen molar-refractivity contribution in [1.29, 1.82) is 0 Å². The van der Waals surface area contributed by atoms with Crippen molar-refractivity contribution in [3.63, 3.8) is 0 Å². The summed E-state index contributed by atoms with van der Waals surface area (Å²) in [6.07, 6.45) is 9.30. The molecule has 0 N–H and O–H groups in total. The number of carbonyl (C=O) groups is 1. The zero-order valence-electron chi connectivity index (χ0n) is 17.4. The Hall–Kier alpha value is -2.50. The average Bonchev–Trinajstić information content (AvgIpc) is 2.78. The Kier molecular flexibility index (Phi) is 6.60. The number of nitrogens with zero attached hydrogens (tertiary/aromatic N) is 2. The van der Waals surface area contributed by atoms with Gasteiger partial charge in [-0.15, -0.1) is 11.8 Å². The molecule has 0 unspecified atom stereocenters. The molecule has 0 radical (unpaired) electrons. The number of allylic oxidation sites excluding steroid dienone is 2. The molecule has 4 rings (SSSR count). The molecule has 0 amide bonds. The first-order valence-electron chi connectivity index (χ1n) is 10.3. The Morgan fingerprint density at radius 2 is 2.13 bits per heavy atom. The van der Waals surface area contributed by atoms with Gasteiger partial charge in [0.15, 0.2) is 0 Å². The van der Waals surface area contributed by atoms with Crippen LogP contribution in [0.1, 0.15) is 35.0 Å². The minimum atomic E-state index is -0.0415. The molecule has 1 aliphatic rings. The third kappa shape index (κ3) is 4.79. The number of ketones is 1. The molecule has 1 aliphatic heterocycles. The SMILES string of the molecule is CSc1cc(Cc2cc(C(=O)C=C[C@@H]3CCOC[C@@H]3C)nc3ccccc23)ccn1. The zero-order chi connectivity index (χ0) is 20.9. The summed E-state index contributed by atoms with van der Waals surface area (Å²) in [7, 11) is 0. The maximum Gasteiger partial charge on any atom is 0.203 e. The number of benzene rings is 1. The number of carbonyl (C=O) groups excluding carboxylic acids is 1. The van der Waals surface area contributed by atoms with Crippen LogP contribution < -0.4 is 0 Å². The minimum Gasteiger partial charge on any atom is -0.381 e. The van der Waals surface area contributed by atoms with Crippen molar-refractivity contribution in [3.05, 3.63) is 77.6 Å². The lowest BCUT2D eigenvalue weighted by molar-refractivity contribution is 0.0386. The van der Waals surface area contributed by atoms with E-state index in [-0.39, 0.29) is 5.78 Å². The van der Waals surface area contributed by atoms with Gasteiger partial charge >= 0.3 is 0 Å². The van der Waals surface area contributed by atoms with Crippen LogP contribution >= 0.6 is 11.8 Å². The number of fused-ring (bicyclic) bond motifs is 1. The van der Waals surface area contributed by atoms with E-state index in [2.05, 4.69) is 29.0 Å². The highest BCUT2D eigenvalue weighted by atomic mass is 32.2. The van der Waals surface area contributed by atoms with Gasteiger partial charge in [0.2, 0.25) is 5.78 Å². The molecule has 4 nitrogen and oxygen atoms in total. The number of para-hydroxylation sites is 1. The lowest BCUT2D eigenvalue weighted by Gasteiger charge is -2.26. The van der Waals surface area contributed by atoms with Gasteiger partial charge in [0.05, 0.1) is 10.5 Å². The van der Waals surface area contributed by atoms with Gasteiger partial charge in [0, 0.05) is 24.8 Å². The van der Waals surface area contributed by atoms with Crippen LogP contribution in [0.2, 0.25) is 0 Å². The maximum absolute atomic E-state index is 12.9. The molecule has 2 aromatic heterocycles. The van der Waals surface area contributed by atoms with Crippen LogP contribution in [0.5, 0.6) is 0 Å². The van der Waals surface area contributed by atoms with E-state index < -0.39 is 0 Å². The molecule has 1 aromatic carbocycles. The van der Waals surface area contributed by atoms with Crippen molar-refractivity contribution in [2.45, 2.75) is 24.8 Å². The molecule has 0 aliphatic carbocycles. The fraction of sp³-hybridized carbons (Fsp3) is 0.320. The number of thioether (sulfide) groups is 1. The van der Waals surface area contributed by atoms with E-state index in [0.29, 0.717) is 17.5 Å². The van der Waals surface area contributed by atoms with Gasteiger partial charge < -0.3 is 4.74 Å². The van der Waals surface area contributed by atoms with Crippen molar-refractivity contribution in [2.75, 3.05) is 19.5 Å². The molecule has 1 fully saturated rings. The Bertz CT molecular complexity index is 1080. The smallest absolute Gasteiger partial charge is 0.203 e. The summed E-state index contributed by atoms with van der Waals surface area (Å²) in [6, 6.07) is 14.1. The lowest BCUT2D eigenvalue weighted by Crippen LogP contribution is -2.23. The standard InChI is InChI=1S/C25H26N2O2S/c1-17-16-29-12-10-19(17)7-8-24(28)23-15-20(21-5-3-4-6-22(21)27-23)13-18-9-11-26-25(14-18)30-2/h3-9,11,14-15,17,19H,10,12-13,16H2,1-2H3/t17-,19+/m0/s1. The van der Waals surface area contributed by atoms with Crippen molar-refractivity contribution in [3.8, 4) is 0 Å². The molecule has 0 saturated carbocycles. The molecule has 0 bridgehead atoms. The quantitative estimate of drug-likeness (QED) is 0.307. The van der Waals surface area contributed by atoms with E-state index >= 15 is 0 Å². The third-order valence-corrected chi connectivity index (χ3v) is 6.30. The average molecular weight is 419 g/mol. The second kappa shape index (κ2) is 9.54. The van der Waals surface area contributed by atoms with Crippen molar-refractivity contribution < 1.29 is 9.53 Å². The summed E-state index contributed by atoms with van der Waals surface area (Å²) >= 11 is 1.63.